The molecule has 2 aliphatic carbocycles. The van der Waals surface area contributed by atoms with E-state index in [9.17, 15) is 5.26 Å². The van der Waals surface area contributed by atoms with Crippen LogP contribution in [0.25, 0.3) is 0 Å². The van der Waals surface area contributed by atoms with Gasteiger partial charge in [-0.15, -0.1) is 0 Å². The minimum Gasteiger partial charge on any atom is -0.497 e. The first-order valence-corrected chi connectivity index (χ1v) is 7.11. The van der Waals surface area contributed by atoms with Crippen LogP contribution in [0.3, 0.4) is 0 Å². The Bertz CT molecular complexity index is 516. The van der Waals surface area contributed by atoms with Gasteiger partial charge in [0.25, 0.3) is 0 Å². The highest BCUT2D eigenvalue weighted by atomic mass is 16.5. The van der Waals surface area contributed by atoms with Crippen LogP contribution in [0.5, 0.6) is 5.75 Å². The molecule has 0 aliphatic heterocycles. The fourth-order valence-electron chi connectivity index (χ4n) is 2.96. The minimum absolute atomic E-state index is 0.509. The van der Waals surface area contributed by atoms with Crippen LogP contribution in [0, 0.1) is 17.2 Å². The number of ether oxygens (including phenoxy) is 1. The van der Waals surface area contributed by atoms with Crippen molar-refractivity contribution in [3.63, 3.8) is 0 Å². The summed E-state index contributed by atoms with van der Waals surface area (Å²) in [5.41, 5.74) is 1.91. The van der Waals surface area contributed by atoms with Crippen molar-refractivity contribution in [2.24, 2.45) is 5.92 Å². The lowest BCUT2D eigenvalue weighted by atomic mass is 9.77. The highest BCUT2D eigenvalue weighted by Gasteiger charge is 2.38. The van der Waals surface area contributed by atoms with E-state index in [4.69, 9.17) is 4.74 Å². The predicted molar refractivity (Wildman–Crippen MR) is 73.9 cm³/mol. The second kappa shape index (κ2) is 4.86. The summed E-state index contributed by atoms with van der Waals surface area (Å²) in [4.78, 5) is 0. The topological polar surface area (TPSA) is 45.0 Å². The van der Waals surface area contributed by atoms with Gasteiger partial charge in [-0.2, -0.15) is 5.26 Å². The zero-order valence-electron chi connectivity index (χ0n) is 11.4. The predicted octanol–water partition coefficient (Wildman–Crippen LogP) is 2.75. The molecular formula is C16H20N2O. The van der Waals surface area contributed by atoms with Crippen LogP contribution in [0.15, 0.2) is 18.2 Å². The van der Waals surface area contributed by atoms with Crippen molar-refractivity contribution in [1.29, 1.82) is 5.26 Å². The van der Waals surface area contributed by atoms with Gasteiger partial charge in [0.15, 0.2) is 0 Å². The first-order chi connectivity index (χ1) is 9.27. The van der Waals surface area contributed by atoms with E-state index in [1.54, 1.807) is 7.11 Å². The molecule has 0 aromatic heterocycles. The van der Waals surface area contributed by atoms with E-state index < -0.39 is 5.54 Å². The number of aryl methyl sites for hydroxylation is 1. The van der Waals surface area contributed by atoms with Gasteiger partial charge >= 0.3 is 0 Å². The number of nitriles is 1. The number of methoxy groups -OCH3 is 1. The fraction of sp³-hybridized carbons (Fsp3) is 0.562. The SMILES string of the molecule is COc1ccc2c(c1)C(C#N)(NCC1CC1)CCC2. The molecular weight excluding hydrogens is 236 g/mol. The Morgan fingerprint density at radius 3 is 3.00 bits per heavy atom. The Morgan fingerprint density at radius 1 is 1.47 bits per heavy atom. The molecule has 1 unspecified atom stereocenters. The van der Waals surface area contributed by atoms with E-state index in [1.165, 1.54) is 18.4 Å². The molecule has 3 rings (SSSR count). The molecule has 19 heavy (non-hydrogen) atoms. The number of nitrogens with zero attached hydrogens (tertiary/aromatic N) is 1. The van der Waals surface area contributed by atoms with E-state index in [0.717, 1.165) is 43.0 Å². The highest BCUT2D eigenvalue weighted by molar-refractivity contribution is 5.45. The monoisotopic (exact) mass is 256 g/mol. The summed E-state index contributed by atoms with van der Waals surface area (Å²) >= 11 is 0. The van der Waals surface area contributed by atoms with Crippen LogP contribution in [0.4, 0.5) is 0 Å². The van der Waals surface area contributed by atoms with Gasteiger partial charge in [-0.1, -0.05) is 6.07 Å². The molecule has 100 valence electrons. The molecule has 2 aliphatic rings. The Kier molecular flexibility index (Phi) is 3.20. The van der Waals surface area contributed by atoms with Crippen molar-refractivity contribution < 1.29 is 4.74 Å². The first-order valence-electron chi connectivity index (χ1n) is 7.11. The number of nitrogens with one attached hydrogen (secondary N) is 1. The maximum atomic E-state index is 9.73. The van der Waals surface area contributed by atoms with Gasteiger partial charge < -0.3 is 4.74 Å². The number of hydrogen-bond donors (Lipinski definition) is 1. The Balaban J connectivity index is 1.95. The maximum Gasteiger partial charge on any atom is 0.132 e. The number of rotatable bonds is 4. The van der Waals surface area contributed by atoms with Crippen LogP contribution < -0.4 is 10.1 Å². The van der Waals surface area contributed by atoms with Crippen molar-refractivity contribution in [3.8, 4) is 11.8 Å². The molecule has 1 N–H and O–H groups in total. The molecule has 0 radical (unpaired) electrons. The average molecular weight is 256 g/mol. The Labute approximate surface area is 114 Å². The molecule has 1 aromatic carbocycles. The molecule has 1 aromatic rings. The van der Waals surface area contributed by atoms with Crippen LogP contribution in [-0.4, -0.2) is 13.7 Å². The second-order valence-electron chi connectivity index (χ2n) is 5.72. The molecule has 0 amide bonds. The largest absolute Gasteiger partial charge is 0.497 e. The zero-order chi connectivity index (χ0) is 13.3. The van der Waals surface area contributed by atoms with E-state index in [-0.39, 0.29) is 0 Å². The van der Waals surface area contributed by atoms with Gasteiger partial charge in [-0.25, -0.2) is 0 Å². The first kappa shape index (κ1) is 12.5. The third kappa shape index (κ3) is 2.33. The van der Waals surface area contributed by atoms with Crippen LogP contribution in [0.2, 0.25) is 0 Å². The average Bonchev–Trinajstić information content (AvgIpc) is 3.28. The summed E-state index contributed by atoms with van der Waals surface area (Å²) in [5.74, 6) is 1.62. The van der Waals surface area contributed by atoms with Crippen LogP contribution in [-0.2, 0) is 12.0 Å². The summed E-state index contributed by atoms with van der Waals surface area (Å²) in [7, 11) is 1.68. The van der Waals surface area contributed by atoms with E-state index in [0.29, 0.717) is 0 Å². The lowest BCUT2D eigenvalue weighted by Crippen LogP contribution is -2.44. The summed E-state index contributed by atoms with van der Waals surface area (Å²) in [5, 5.41) is 13.3. The van der Waals surface area contributed by atoms with Crippen molar-refractivity contribution >= 4 is 0 Å². The van der Waals surface area contributed by atoms with Crippen molar-refractivity contribution in [2.45, 2.75) is 37.6 Å². The third-order valence-corrected chi connectivity index (χ3v) is 4.36. The van der Waals surface area contributed by atoms with Crippen LogP contribution in [0.1, 0.15) is 36.8 Å². The molecule has 0 heterocycles. The zero-order valence-corrected chi connectivity index (χ0v) is 11.4. The van der Waals surface area contributed by atoms with E-state index >= 15 is 0 Å². The fourth-order valence-corrected chi connectivity index (χ4v) is 2.96. The number of hydrogen-bond acceptors (Lipinski definition) is 3. The van der Waals surface area contributed by atoms with Crippen LogP contribution >= 0.6 is 0 Å². The minimum atomic E-state index is -0.509. The smallest absolute Gasteiger partial charge is 0.132 e. The summed E-state index contributed by atoms with van der Waals surface area (Å²) in [6, 6.07) is 8.68. The lowest BCUT2D eigenvalue weighted by Gasteiger charge is -2.34. The van der Waals surface area contributed by atoms with Gasteiger partial charge in [-0.3, -0.25) is 5.32 Å². The number of fused-ring (bicyclic) bond motifs is 1. The molecule has 3 heteroatoms. The van der Waals surface area contributed by atoms with Gasteiger partial charge in [0.05, 0.1) is 13.2 Å². The van der Waals surface area contributed by atoms with Gasteiger partial charge in [0, 0.05) is 0 Å². The van der Waals surface area contributed by atoms with Gasteiger partial charge in [0.1, 0.15) is 11.3 Å². The van der Waals surface area contributed by atoms with Gasteiger partial charge in [0.2, 0.25) is 0 Å². The van der Waals surface area contributed by atoms with Crippen molar-refractivity contribution in [3.05, 3.63) is 29.3 Å². The molecule has 0 saturated heterocycles. The molecule has 0 spiro atoms. The third-order valence-electron chi connectivity index (χ3n) is 4.36. The summed E-state index contributed by atoms with van der Waals surface area (Å²) in [6.07, 6.45) is 5.65. The number of benzene rings is 1. The second-order valence-corrected chi connectivity index (χ2v) is 5.72. The molecule has 0 bridgehead atoms. The molecule has 3 nitrogen and oxygen atoms in total. The van der Waals surface area contributed by atoms with E-state index in [2.05, 4.69) is 17.5 Å². The quantitative estimate of drug-likeness (QED) is 0.901. The molecule has 1 atom stereocenters. The van der Waals surface area contributed by atoms with E-state index in [1.807, 2.05) is 12.1 Å². The highest BCUT2D eigenvalue weighted by Crippen LogP contribution is 2.38. The standard InChI is InChI=1S/C16H20N2O/c1-19-14-7-6-13-3-2-8-16(11-17,15(13)9-14)18-10-12-4-5-12/h6-7,9,12,18H,2-5,8,10H2,1H3. The normalized spacial score (nSPS) is 25.5. The molecule has 1 saturated carbocycles. The Morgan fingerprint density at radius 2 is 2.32 bits per heavy atom. The lowest BCUT2D eigenvalue weighted by molar-refractivity contribution is 0.355. The van der Waals surface area contributed by atoms with Gasteiger partial charge in [-0.05, 0) is 67.8 Å². The summed E-state index contributed by atoms with van der Waals surface area (Å²) < 4.78 is 5.32. The van der Waals surface area contributed by atoms with Crippen molar-refractivity contribution in [1.82, 2.24) is 5.32 Å². The van der Waals surface area contributed by atoms with Crippen molar-refractivity contribution in [2.75, 3.05) is 13.7 Å². The Hall–Kier alpha value is -1.53. The maximum absolute atomic E-state index is 9.73. The molecule has 1 fully saturated rings. The summed E-state index contributed by atoms with van der Waals surface area (Å²) in [6.45, 7) is 0.963.